The number of hydrogen-bond acceptors (Lipinski definition) is 1. The maximum atomic E-state index is 13.2. The molecule has 0 bridgehead atoms. The van der Waals surface area contributed by atoms with Gasteiger partial charge in [-0.05, 0) is 53.7 Å². The molecule has 0 saturated heterocycles. The molecule has 23 heavy (non-hydrogen) atoms. The van der Waals surface area contributed by atoms with Gasteiger partial charge >= 0.3 is 0 Å². The monoisotopic (exact) mass is 324 g/mol. The summed E-state index contributed by atoms with van der Waals surface area (Å²) in [6, 6.07) is 20.8. The van der Waals surface area contributed by atoms with Gasteiger partial charge in [0.25, 0.3) is 0 Å². The Morgan fingerprint density at radius 1 is 1.00 bits per heavy atom. The van der Waals surface area contributed by atoms with Crippen LogP contribution >= 0.6 is 12.2 Å². The smallest absolute Gasteiger partial charge is 0.171 e. The summed E-state index contributed by atoms with van der Waals surface area (Å²) in [5.41, 5.74) is 1.80. The number of rotatable bonds is 3. The van der Waals surface area contributed by atoms with E-state index in [9.17, 15) is 4.39 Å². The molecule has 0 fully saturated rings. The molecular formula is C19H17FN2S. The summed E-state index contributed by atoms with van der Waals surface area (Å²) in [6.07, 6.45) is 0. The molecule has 2 N–H and O–H groups in total. The van der Waals surface area contributed by atoms with Crippen LogP contribution in [0, 0.1) is 5.82 Å². The predicted octanol–water partition coefficient (Wildman–Crippen LogP) is 5.03. The first kappa shape index (κ1) is 15.4. The topological polar surface area (TPSA) is 24.1 Å². The van der Waals surface area contributed by atoms with Gasteiger partial charge in [0, 0.05) is 5.69 Å². The number of nitrogens with one attached hydrogen (secondary N) is 2. The van der Waals surface area contributed by atoms with Gasteiger partial charge in [0.15, 0.2) is 5.11 Å². The average Bonchev–Trinajstić information content (AvgIpc) is 2.54. The Hall–Kier alpha value is -2.46. The molecule has 0 aliphatic heterocycles. The molecule has 2 nitrogen and oxygen atoms in total. The van der Waals surface area contributed by atoms with Crippen molar-refractivity contribution in [2.75, 3.05) is 5.32 Å². The summed E-state index contributed by atoms with van der Waals surface area (Å²) in [5, 5.41) is 9.13. The molecule has 1 atom stereocenters. The zero-order chi connectivity index (χ0) is 16.2. The quantitative estimate of drug-likeness (QED) is 0.661. The standard InChI is InChI=1S/C19H17FN2S/c1-13(17-11-4-7-14-6-2-3-10-18(14)17)21-19(23)22-16-9-5-8-15(20)12-16/h2-13H,1H3,(H2,21,22,23)/t13-/m1/s1. The molecule has 0 saturated carbocycles. The maximum Gasteiger partial charge on any atom is 0.171 e. The fraction of sp³-hybridized carbons (Fsp3) is 0.105. The molecule has 4 heteroatoms. The first-order valence-electron chi connectivity index (χ1n) is 7.44. The van der Waals surface area contributed by atoms with Crippen LogP contribution in [0.5, 0.6) is 0 Å². The van der Waals surface area contributed by atoms with Crippen LogP contribution in [0.4, 0.5) is 10.1 Å². The van der Waals surface area contributed by atoms with Crippen LogP contribution in [0.3, 0.4) is 0 Å². The summed E-state index contributed by atoms with van der Waals surface area (Å²) < 4.78 is 13.2. The predicted molar refractivity (Wildman–Crippen MR) is 98.1 cm³/mol. The van der Waals surface area contributed by atoms with Gasteiger partial charge in [-0.15, -0.1) is 0 Å². The zero-order valence-electron chi connectivity index (χ0n) is 12.7. The van der Waals surface area contributed by atoms with E-state index in [1.165, 1.54) is 28.5 Å². The van der Waals surface area contributed by atoms with Crippen molar-refractivity contribution < 1.29 is 4.39 Å². The van der Waals surface area contributed by atoms with Crippen molar-refractivity contribution in [3.63, 3.8) is 0 Å². The van der Waals surface area contributed by atoms with Crippen LogP contribution in [0.1, 0.15) is 18.5 Å². The van der Waals surface area contributed by atoms with Crippen molar-refractivity contribution in [3.8, 4) is 0 Å². The third-order valence-electron chi connectivity index (χ3n) is 3.72. The molecule has 0 heterocycles. The molecule has 0 radical (unpaired) electrons. The van der Waals surface area contributed by atoms with E-state index in [-0.39, 0.29) is 11.9 Å². The van der Waals surface area contributed by atoms with Crippen LogP contribution in [0.2, 0.25) is 0 Å². The van der Waals surface area contributed by atoms with Gasteiger partial charge in [-0.3, -0.25) is 0 Å². The third-order valence-corrected chi connectivity index (χ3v) is 3.94. The summed E-state index contributed by atoms with van der Waals surface area (Å²) in [5.74, 6) is -0.292. The number of hydrogen-bond donors (Lipinski definition) is 2. The van der Waals surface area contributed by atoms with E-state index in [2.05, 4.69) is 41.8 Å². The normalized spacial score (nSPS) is 11.9. The lowest BCUT2D eigenvalue weighted by molar-refractivity contribution is 0.628. The van der Waals surface area contributed by atoms with Crippen LogP contribution in [-0.4, -0.2) is 5.11 Å². The number of halogens is 1. The van der Waals surface area contributed by atoms with Crippen LogP contribution < -0.4 is 10.6 Å². The highest BCUT2D eigenvalue weighted by atomic mass is 32.1. The Balaban J connectivity index is 1.75. The molecule has 3 rings (SSSR count). The van der Waals surface area contributed by atoms with Gasteiger partial charge < -0.3 is 10.6 Å². The Bertz CT molecular complexity index is 842. The van der Waals surface area contributed by atoms with Crippen molar-refractivity contribution in [2.24, 2.45) is 0 Å². The molecule has 0 aliphatic carbocycles. The molecule has 0 unspecified atom stereocenters. The summed E-state index contributed by atoms with van der Waals surface area (Å²) in [7, 11) is 0. The van der Waals surface area contributed by atoms with E-state index < -0.39 is 0 Å². The molecule has 116 valence electrons. The van der Waals surface area contributed by atoms with E-state index in [4.69, 9.17) is 12.2 Å². The fourth-order valence-electron chi connectivity index (χ4n) is 2.64. The minimum atomic E-state index is -0.292. The van der Waals surface area contributed by atoms with Crippen molar-refractivity contribution in [1.82, 2.24) is 5.32 Å². The second-order valence-electron chi connectivity index (χ2n) is 5.40. The van der Waals surface area contributed by atoms with Crippen molar-refractivity contribution >= 4 is 33.8 Å². The number of fused-ring (bicyclic) bond motifs is 1. The SMILES string of the molecule is C[C@@H](NC(=S)Nc1cccc(F)c1)c1cccc2ccccc12. The van der Waals surface area contributed by atoms with E-state index >= 15 is 0 Å². The highest BCUT2D eigenvalue weighted by Gasteiger charge is 2.10. The first-order chi connectivity index (χ1) is 11.1. The molecule has 0 aromatic heterocycles. The second-order valence-corrected chi connectivity index (χ2v) is 5.81. The average molecular weight is 324 g/mol. The van der Waals surface area contributed by atoms with Crippen molar-refractivity contribution in [2.45, 2.75) is 13.0 Å². The molecule has 3 aromatic rings. The van der Waals surface area contributed by atoms with Crippen LogP contribution in [-0.2, 0) is 0 Å². The first-order valence-corrected chi connectivity index (χ1v) is 7.85. The van der Waals surface area contributed by atoms with Gasteiger partial charge in [-0.1, -0.05) is 48.5 Å². The number of anilines is 1. The number of benzene rings is 3. The lowest BCUT2D eigenvalue weighted by Crippen LogP contribution is -2.31. The van der Waals surface area contributed by atoms with Gasteiger partial charge in [0.2, 0.25) is 0 Å². The molecule has 0 spiro atoms. The zero-order valence-corrected chi connectivity index (χ0v) is 13.5. The Kier molecular flexibility index (Phi) is 4.53. The Morgan fingerprint density at radius 2 is 1.74 bits per heavy atom. The van der Waals surface area contributed by atoms with Crippen LogP contribution in [0.15, 0.2) is 66.7 Å². The Labute approximate surface area is 140 Å². The second kappa shape index (κ2) is 6.75. The minimum Gasteiger partial charge on any atom is -0.356 e. The van der Waals surface area contributed by atoms with E-state index in [0.29, 0.717) is 10.8 Å². The highest BCUT2D eigenvalue weighted by Crippen LogP contribution is 2.24. The molecule has 3 aromatic carbocycles. The van der Waals surface area contributed by atoms with Crippen molar-refractivity contribution in [3.05, 3.63) is 78.1 Å². The molecule has 0 amide bonds. The van der Waals surface area contributed by atoms with Crippen molar-refractivity contribution in [1.29, 1.82) is 0 Å². The maximum absolute atomic E-state index is 13.2. The van der Waals surface area contributed by atoms with Crippen LogP contribution in [0.25, 0.3) is 10.8 Å². The Morgan fingerprint density at radius 3 is 2.57 bits per heavy atom. The van der Waals surface area contributed by atoms with Gasteiger partial charge in [0.05, 0.1) is 6.04 Å². The van der Waals surface area contributed by atoms with Gasteiger partial charge in [0.1, 0.15) is 5.82 Å². The summed E-state index contributed by atoms with van der Waals surface area (Å²) >= 11 is 5.33. The van der Waals surface area contributed by atoms with Gasteiger partial charge in [-0.2, -0.15) is 0 Å². The number of thiocarbonyl (C=S) groups is 1. The lowest BCUT2D eigenvalue weighted by Gasteiger charge is -2.19. The van der Waals surface area contributed by atoms with E-state index in [1.54, 1.807) is 12.1 Å². The highest BCUT2D eigenvalue weighted by molar-refractivity contribution is 7.80. The summed E-state index contributed by atoms with van der Waals surface area (Å²) in [6.45, 7) is 2.06. The molecule has 0 aliphatic rings. The van der Waals surface area contributed by atoms with E-state index in [0.717, 1.165) is 0 Å². The molecular weight excluding hydrogens is 307 g/mol. The lowest BCUT2D eigenvalue weighted by atomic mass is 10.00. The van der Waals surface area contributed by atoms with E-state index in [1.807, 2.05) is 18.2 Å². The minimum absolute atomic E-state index is 0.0367. The third kappa shape index (κ3) is 3.66. The fourth-order valence-corrected chi connectivity index (χ4v) is 2.93. The summed E-state index contributed by atoms with van der Waals surface area (Å²) in [4.78, 5) is 0. The van der Waals surface area contributed by atoms with Gasteiger partial charge in [-0.25, -0.2) is 4.39 Å². The largest absolute Gasteiger partial charge is 0.356 e.